The van der Waals surface area contributed by atoms with Crippen molar-refractivity contribution in [1.29, 1.82) is 0 Å². The molecule has 1 heterocycles. The molecule has 0 saturated carbocycles. The van der Waals surface area contributed by atoms with E-state index in [-0.39, 0.29) is 0 Å². The van der Waals surface area contributed by atoms with Crippen LogP contribution in [-0.4, -0.2) is 43.3 Å². The lowest BCUT2D eigenvalue weighted by molar-refractivity contribution is -0.0686. The van der Waals surface area contributed by atoms with E-state index in [0.717, 1.165) is 41.8 Å². The second kappa shape index (κ2) is 7.82. The lowest BCUT2D eigenvalue weighted by atomic mass is 10.2. The van der Waals surface area contributed by atoms with Crippen LogP contribution in [0, 0.1) is 6.92 Å². The van der Waals surface area contributed by atoms with Crippen molar-refractivity contribution in [3.8, 4) is 5.75 Å². The lowest BCUT2D eigenvalue weighted by Crippen LogP contribution is -2.45. The maximum absolute atomic E-state index is 6.22. The SMILES string of the molecule is Cc1cc(Cl)c(OCCCN2C[C@@H](C)O[C@H](C)C2)c(Br)c1. The highest BCUT2D eigenvalue weighted by atomic mass is 79.9. The van der Waals surface area contributed by atoms with Gasteiger partial charge in [-0.2, -0.15) is 0 Å². The number of hydrogen-bond acceptors (Lipinski definition) is 3. The van der Waals surface area contributed by atoms with Crippen LogP contribution in [0.25, 0.3) is 0 Å². The number of hydrogen-bond donors (Lipinski definition) is 0. The maximum Gasteiger partial charge on any atom is 0.152 e. The van der Waals surface area contributed by atoms with E-state index in [9.17, 15) is 0 Å². The molecule has 2 rings (SSSR count). The molecule has 0 spiro atoms. The van der Waals surface area contributed by atoms with Gasteiger partial charge >= 0.3 is 0 Å². The number of morpholine rings is 1. The molecule has 0 aliphatic carbocycles. The van der Waals surface area contributed by atoms with Crippen molar-refractivity contribution in [2.45, 2.75) is 39.4 Å². The molecule has 1 saturated heterocycles. The fourth-order valence-corrected chi connectivity index (χ4v) is 3.89. The normalized spacial score (nSPS) is 23.3. The zero-order chi connectivity index (χ0) is 15.4. The Kier molecular flexibility index (Phi) is 6.35. The highest BCUT2D eigenvalue weighted by Crippen LogP contribution is 2.34. The van der Waals surface area contributed by atoms with Gasteiger partial charge in [0.15, 0.2) is 5.75 Å². The van der Waals surface area contributed by atoms with Gasteiger partial charge in [-0.15, -0.1) is 0 Å². The quantitative estimate of drug-likeness (QED) is 0.716. The summed E-state index contributed by atoms with van der Waals surface area (Å²) < 4.78 is 12.5. The summed E-state index contributed by atoms with van der Waals surface area (Å²) in [6, 6.07) is 3.94. The average Bonchev–Trinajstić information content (AvgIpc) is 2.35. The van der Waals surface area contributed by atoms with E-state index < -0.39 is 0 Å². The molecule has 118 valence electrons. The maximum atomic E-state index is 6.22. The molecule has 2 atom stereocenters. The summed E-state index contributed by atoms with van der Waals surface area (Å²) in [6.07, 6.45) is 1.61. The molecule has 1 fully saturated rings. The molecule has 0 radical (unpaired) electrons. The van der Waals surface area contributed by atoms with Crippen molar-refractivity contribution in [2.24, 2.45) is 0 Å². The van der Waals surface area contributed by atoms with Crippen LogP contribution in [0.4, 0.5) is 0 Å². The summed E-state index contributed by atoms with van der Waals surface area (Å²) in [6.45, 7) is 9.96. The molecule has 1 aliphatic heterocycles. The summed E-state index contributed by atoms with van der Waals surface area (Å²) in [5, 5.41) is 0.662. The lowest BCUT2D eigenvalue weighted by Gasteiger charge is -2.35. The fraction of sp³-hybridized carbons (Fsp3) is 0.625. The minimum absolute atomic E-state index is 0.315. The summed E-state index contributed by atoms with van der Waals surface area (Å²) >= 11 is 9.72. The Morgan fingerprint density at radius 3 is 2.62 bits per heavy atom. The predicted octanol–water partition coefficient (Wildman–Crippen LogP) is 4.29. The second-order valence-corrected chi connectivity index (χ2v) is 7.04. The standard InChI is InChI=1S/C16H23BrClNO2/c1-11-7-14(17)16(15(18)8-11)20-6-4-5-19-9-12(2)21-13(3)10-19/h7-8,12-13H,4-6,9-10H2,1-3H3/t12-,13-/m1/s1. The third-order valence-electron chi connectivity index (χ3n) is 3.50. The highest BCUT2D eigenvalue weighted by Gasteiger charge is 2.21. The first-order valence-corrected chi connectivity index (χ1v) is 8.59. The van der Waals surface area contributed by atoms with Gasteiger partial charge in [0.25, 0.3) is 0 Å². The Morgan fingerprint density at radius 2 is 2.00 bits per heavy atom. The Hall–Kier alpha value is -0.290. The Labute approximate surface area is 140 Å². The minimum Gasteiger partial charge on any atom is -0.491 e. The molecule has 0 bridgehead atoms. The van der Waals surface area contributed by atoms with Gasteiger partial charge in [-0.05, 0) is 60.8 Å². The Morgan fingerprint density at radius 1 is 1.33 bits per heavy atom. The van der Waals surface area contributed by atoms with E-state index >= 15 is 0 Å². The summed E-state index contributed by atoms with van der Waals surface area (Å²) in [5.74, 6) is 0.742. The minimum atomic E-state index is 0.315. The van der Waals surface area contributed by atoms with Crippen molar-refractivity contribution in [3.63, 3.8) is 0 Å². The van der Waals surface area contributed by atoms with Crippen LogP contribution in [-0.2, 0) is 4.74 Å². The van der Waals surface area contributed by atoms with Gasteiger partial charge in [-0.3, -0.25) is 4.90 Å². The van der Waals surface area contributed by atoms with E-state index in [1.54, 1.807) is 0 Å². The van der Waals surface area contributed by atoms with Gasteiger partial charge in [-0.25, -0.2) is 0 Å². The largest absolute Gasteiger partial charge is 0.491 e. The van der Waals surface area contributed by atoms with E-state index in [4.69, 9.17) is 21.1 Å². The van der Waals surface area contributed by atoms with Gasteiger partial charge < -0.3 is 9.47 Å². The number of halogens is 2. The van der Waals surface area contributed by atoms with Gasteiger partial charge in [0.05, 0.1) is 28.3 Å². The smallest absolute Gasteiger partial charge is 0.152 e. The summed E-state index contributed by atoms with van der Waals surface area (Å²) in [5.41, 5.74) is 1.12. The predicted molar refractivity (Wildman–Crippen MR) is 90.5 cm³/mol. The van der Waals surface area contributed by atoms with Crippen LogP contribution in [0.2, 0.25) is 5.02 Å². The summed E-state index contributed by atoms with van der Waals surface area (Å²) in [4.78, 5) is 2.44. The van der Waals surface area contributed by atoms with Gasteiger partial charge in [-0.1, -0.05) is 11.6 Å². The molecule has 0 N–H and O–H groups in total. The van der Waals surface area contributed by atoms with Crippen molar-refractivity contribution in [1.82, 2.24) is 4.90 Å². The molecular weight excluding hydrogens is 354 g/mol. The first kappa shape index (κ1) is 17.1. The molecule has 1 aromatic carbocycles. The number of ether oxygens (including phenoxy) is 2. The molecule has 21 heavy (non-hydrogen) atoms. The Bertz CT molecular complexity index is 450. The molecule has 0 amide bonds. The number of rotatable bonds is 5. The molecular formula is C16H23BrClNO2. The average molecular weight is 377 g/mol. The van der Waals surface area contributed by atoms with Crippen LogP contribution in [0.5, 0.6) is 5.75 Å². The molecule has 3 nitrogen and oxygen atoms in total. The van der Waals surface area contributed by atoms with Crippen LogP contribution in [0.1, 0.15) is 25.8 Å². The van der Waals surface area contributed by atoms with Crippen molar-refractivity contribution in [3.05, 3.63) is 27.2 Å². The van der Waals surface area contributed by atoms with Crippen LogP contribution < -0.4 is 4.74 Å². The van der Waals surface area contributed by atoms with E-state index in [0.29, 0.717) is 23.8 Å². The zero-order valence-corrected chi connectivity index (χ0v) is 15.2. The number of benzene rings is 1. The van der Waals surface area contributed by atoms with Crippen molar-refractivity contribution >= 4 is 27.5 Å². The van der Waals surface area contributed by atoms with Crippen LogP contribution >= 0.6 is 27.5 Å². The molecule has 1 aromatic rings. The van der Waals surface area contributed by atoms with E-state index in [1.807, 2.05) is 19.1 Å². The van der Waals surface area contributed by atoms with Gasteiger partial charge in [0, 0.05) is 19.6 Å². The van der Waals surface area contributed by atoms with E-state index in [2.05, 4.69) is 34.7 Å². The van der Waals surface area contributed by atoms with Crippen molar-refractivity contribution < 1.29 is 9.47 Å². The van der Waals surface area contributed by atoms with E-state index in [1.165, 1.54) is 0 Å². The molecule has 1 aliphatic rings. The van der Waals surface area contributed by atoms with Crippen molar-refractivity contribution in [2.75, 3.05) is 26.2 Å². The molecule has 0 aromatic heterocycles. The van der Waals surface area contributed by atoms with Crippen LogP contribution in [0.3, 0.4) is 0 Å². The molecule has 5 heteroatoms. The monoisotopic (exact) mass is 375 g/mol. The van der Waals surface area contributed by atoms with Gasteiger partial charge in [0.1, 0.15) is 0 Å². The highest BCUT2D eigenvalue weighted by molar-refractivity contribution is 9.10. The second-order valence-electron chi connectivity index (χ2n) is 5.78. The van der Waals surface area contributed by atoms with Gasteiger partial charge in [0.2, 0.25) is 0 Å². The molecule has 0 unspecified atom stereocenters. The zero-order valence-electron chi connectivity index (χ0n) is 12.9. The first-order chi connectivity index (χ1) is 9.95. The van der Waals surface area contributed by atoms with Crippen LogP contribution in [0.15, 0.2) is 16.6 Å². The fourth-order valence-electron chi connectivity index (χ4n) is 2.75. The Balaban J connectivity index is 1.77. The summed E-state index contributed by atoms with van der Waals surface area (Å²) in [7, 11) is 0. The number of aryl methyl sites for hydroxylation is 1. The number of nitrogens with zero attached hydrogens (tertiary/aromatic N) is 1. The first-order valence-electron chi connectivity index (χ1n) is 7.42. The third kappa shape index (κ3) is 5.13. The third-order valence-corrected chi connectivity index (χ3v) is 4.37. The topological polar surface area (TPSA) is 21.7 Å².